The van der Waals surface area contributed by atoms with Gasteiger partial charge in [-0.15, -0.1) is 0 Å². The van der Waals surface area contributed by atoms with Crippen LogP contribution in [0, 0.1) is 46.8 Å². The van der Waals surface area contributed by atoms with Crippen LogP contribution in [0.5, 0.6) is 0 Å². The second-order valence-electron chi connectivity index (χ2n) is 14.0. The highest BCUT2D eigenvalue weighted by atomic mass is 32.2. The minimum Gasteiger partial charge on any atom is -0.375 e. The summed E-state index contributed by atoms with van der Waals surface area (Å²) in [4.78, 5) is 47.0. The Morgan fingerprint density at radius 3 is 1.39 bits per heavy atom. The molecule has 0 bridgehead atoms. The van der Waals surface area contributed by atoms with Crippen molar-refractivity contribution in [1.82, 2.24) is 15.0 Å². The Morgan fingerprint density at radius 1 is 0.565 bits per heavy atom. The second kappa shape index (κ2) is 25.2. The molecule has 0 spiro atoms. The number of pyridine rings is 3. The summed E-state index contributed by atoms with van der Waals surface area (Å²) < 4.78 is 17.8. The maximum absolute atomic E-state index is 13.0. The molecule has 3 aromatic heterocycles. The maximum Gasteiger partial charge on any atom is 0.251 e. The van der Waals surface area contributed by atoms with E-state index in [-0.39, 0.29) is 30.1 Å². The van der Waals surface area contributed by atoms with Crippen molar-refractivity contribution in [3.8, 4) is 35.5 Å². The van der Waals surface area contributed by atoms with E-state index in [4.69, 9.17) is 4.74 Å². The third kappa shape index (κ3) is 18.1. The smallest absolute Gasteiger partial charge is 0.251 e. The van der Waals surface area contributed by atoms with Crippen molar-refractivity contribution in [2.24, 2.45) is 5.41 Å². The van der Waals surface area contributed by atoms with Gasteiger partial charge in [-0.25, -0.2) is 19.3 Å². The zero-order chi connectivity index (χ0) is 44.6. The van der Waals surface area contributed by atoms with E-state index in [1.165, 1.54) is 31.0 Å². The number of hydrogen-bond donors (Lipinski definition) is 3. The van der Waals surface area contributed by atoms with Gasteiger partial charge in [0.1, 0.15) is 29.9 Å². The van der Waals surface area contributed by atoms with Crippen LogP contribution in [0.4, 0.5) is 21.8 Å². The molecule has 0 unspecified atom stereocenters. The molecule has 0 aliphatic heterocycles. The molecule has 3 N–H and O–H groups in total. The zero-order valence-electron chi connectivity index (χ0n) is 35.0. The number of amides is 3. The third-order valence-electron chi connectivity index (χ3n) is 7.72. The minimum atomic E-state index is -0.475. The number of aromatic nitrogens is 3. The quantitative estimate of drug-likeness (QED) is 0.136. The van der Waals surface area contributed by atoms with Gasteiger partial charge in [0.05, 0.1) is 5.75 Å². The van der Waals surface area contributed by atoms with E-state index in [9.17, 15) is 18.8 Å². The molecule has 6 aromatic rings. The average Bonchev–Trinajstić information content (AvgIpc) is 3.27. The predicted molar refractivity (Wildman–Crippen MR) is 246 cm³/mol. The van der Waals surface area contributed by atoms with Crippen LogP contribution >= 0.6 is 11.8 Å². The average molecular weight is 845 g/mol. The van der Waals surface area contributed by atoms with Crippen molar-refractivity contribution >= 4 is 46.9 Å². The van der Waals surface area contributed by atoms with Gasteiger partial charge in [0.25, 0.3) is 5.91 Å². The van der Waals surface area contributed by atoms with Crippen LogP contribution in [0.2, 0.25) is 0 Å². The second-order valence-corrected chi connectivity index (χ2v) is 14.8. The molecule has 3 amide bonds. The molecule has 3 aromatic carbocycles. The molecule has 0 radical (unpaired) electrons. The zero-order valence-corrected chi connectivity index (χ0v) is 35.8. The fourth-order valence-electron chi connectivity index (χ4n) is 4.59. The van der Waals surface area contributed by atoms with Gasteiger partial charge in [0, 0.05) is 64.5 Å². The van der Waals surface area contributed by atoms with Crippen LogP contribution in [0.25, 0.3) is 0 Å². The first kappa shape index (κ1) is 47.1. The number of ether oxygens (including phenoxy) is 1. The molecule has 0 atom stereocenters. The number of anilines is 3. The van der Waals surface area contributed by atoms with Crippen molar-refractivity contribution in [2.75, 3.05) is 41.7 Å². The molecule has 0 aliphatic carbocycles. The van der Waals surface area contributed by atoms with Crippen LogP contribution < -0.4 is 16.0 Å². The maximum atomic E-state index is 13.0. The number of nitrogens with one attached hydrogen (secondary N) is 3. The molecule has 6 rings (SSSR count). The summed E-state index contributed by atoms with van der Waals surface area (Å²) in [5.74, 6) is 19.2. The molecule has 0 aliphatic rings. The van der Waals surface area contributed by atoms with E-state index in [2.05, 4.69) is 66.4 Å². The van der Waals surface area contributed by atoms with Gasteiger partial charge < -0.3 is 20.7 Å². The summed E-state index contributed by atoms with van der Waals surface area (Å²) in [6.45, 7) is 5.51. The summed E-state index contributed by atoms with van der Waals surface area (Å²) in [7, 11) is 1.47. The van der Waals surface area contributed by atoms with Gasteiger partial charge in [-0.05, 0) is 85.1 Å². The number of rotatable bonds is 7. The molecule has 0 fully saturated rings. The number of hydrogen-bond acceptors (Lipinski definition) is 8. The lowest BCUT2D eigenvalue weighted by Gasteiger charge is -2.16. The van der Waals surface area contributed by atoms with Crippen molar-refractivity contribution in [1.29, 1.82) is 0 Å². The summed E-state index contributed by atoms with van der Waals surface area (Å²) in [5, 5.41) is 8.09. The molecule has 312 valence electrons. The van der Waals surface area contributed by atoms with Crippen molar-refractivity contribution in [3.05, 3.63) is 179 Å². The number of carbonyl (C=O) groups is 3. The fourth-order valence-corrected chi connectivity index (χ4v) is 4.93. The lowest BCUT2D eigenvalue weighted by Crippen LogP contribution is -2.27. The molecule has 3 heterocycles. The van der Waals surface area contributed by atoms with Crippen molar-refractivity contribution in [2.45, 2.75) is 20.8 Å². The molecule has 0 saturated heterocycles. The molecule has 10 nitrogen and oxygen atoms in total. The lowest BCUT2D eigenvalue weighted by molar-refractivity contribution is -0.123. The van der Waals surface area contributed by atoms with E-state index in [1.807, 2.05) is 99.8 Å². The molecule has 0 saturated carbocycles. The number of methoxy groups -OCH3 is 1. The van der Waals surface area contributed by atoms with Gasteiger partial charge in [-0.1, -0.05) is 98.8 Å². The van der Waals surface area contributed by atoms with Crippen molar-refractivity contribution < 1.29 is 23.5 Å². The largest absolute Gasteiger partial charge is 0.375 e. The third-order valence-corrected chi connectivity index (χ3v) is 8.28. The Bertz CT molecular complexity index is 2450. The first-order chi connectivity index (χ1) is 29.9. The number of halogens is 1. The minimum absolute atomic E-state index is 0.0112. The highest BCUT2D eigenvalue weighted by molar-refractivity contribution is 7.99. The molecule has 62 heavy (non-hydrogen) atoms. The topological polar surface area (TPSA) is 135 Å². The SMILES string of the molecule is CC(C)(C)C(=O)Nc1ccc(C#Cc2cccc(F)c2)cn1.COCC(=O)Nc1ccc(C#Cc2ccccc2)cn1.CSCC(=O)Nc1ccc(C#Cc2ccccc2)cn1. The van der Waals surface area contributed by atoms with Gasteiger partial charge in [0.15, 0.2) is 0 Å². The van der Waals surface area contributed by atoms with Crippen molar-refractivity contribution in [3.63, 3.8) is 0 Å². The number of nitrogens with zero attached hydrogens (tertiary/aromatic N) is 3. The first-order valence-corrected chi connectivity index (χ1v) is 20.5. The summed E-state index contributed by atoms with van der Waals surface area (Å²) in [5.41, 5.74) is 4.34. The van der Waals surface area contributed by atoms with Gasteiger partial charge >= 0.3 is 0 Å². The summed E-state index contributed by atoms with van der Waals surface area (Å²) in [6.07, 6.45) is 6.74. The van der Waals surface area contributed by atoms with E-state index in [1.54, 1.807) is 55.0 Å². The Kier molecular flexibility index (Phi) is 19.1. The fraction of sp³-hybridized carbons (Fsp3) is 0.160. The van der Waals surface area contributed by atoms with E-state index >= 15 is 0 Å². The Balaban J connectivity index is 0.000000205. The highest BCUT2D eigenvalue weighted by Gasteiger charge is 2.21. The van der Waals surface area contributed by atoms with E-state index in [0.29, 0.717) is 34.3 Å². The number of benzene rings is 3. The van der Waals surface area contributed by atoms with Crippen LogP contribution in [-0.2, 0) is 19.1 Å². The normalized spacial score (nSPS) is 9.84. The van der Waals surface area contributed by atoms with Crippen LogP contribution in [0.1, 0.15) is 54.2 Å². The predicted octanol–water partition coefficient (Wildman–Crippen LogP) is 8.45. The Morgan fingerprint density at radius 2 is 0.984 bits per heavy atom. The summed E-state index contributed by atoms with van der Waals surface area (Å²) >= 11 is 1.48. The van der Waals surface area contributed by atoms with Gasteiger partial charge in [0.2, 0.25) is 11.8 Å². The standard InChI is InChI=1S/C18H17FN2O.C16H14N2O2.C16H14N2OS/c1-18(2,3)17(22)21-16-10-9-14(12-20-16)8-7-13-5-4-6-15(19)11-13;2*1-20-12-16(19)18-15-10-9-14(11-17-15)8-7-13-5-3-2-4-6-13/h4-6,9-12H,1-3H3,(H,20,21,22);2*2-6,9-11H,12H2,1H3,(H,17,18,19). The van der Waals surface area contributed by atoms with Crippen LogP contribution in [-0.4, -0.2) is 58.4 Å². The Labute approximate surface area is 366 Å². The van der Waals surface area contributed by atoms with Gasteiger partial charge in [-0.3, -0.25) is 14.4 Å². The molecular weight excluding hydrogens is 800 g/mol. The first-order valence-electron chi connectivity index (χ1n) is 19.1. The van der Waals surface area contributed by atoms with E-state index < -0.39 is 5.41 Å². The Hall–Kier alpha value is -7.56. The number of thioether (sulfide) groups is 1. The highest BCUT2D eigenvalue weighted by Crippen LogP contribution is 2.16. The van der Waals surface area contributed by atoms with E-state index in [0.717, 1.165) is 22.3 Å². The lowest BCUT2D eigenvalue weighted by atomic mass is 9.96. The van der Waals surface area contributed by atoms with Gasteiger partial charge in [-0.2, -0.15) is 11.8 Å². The van der Waals surface area contributed by atoms with Crippen LogP contribution in [0.15, 0.2) is 140 Å². The molecular formula is C50H45FN6O4S. The summed E-state index contributed by atoms with van der Waals surface area (Å²) in [6, 6.07) is 36.2. The monoisotopic (exact) mass is 844 g/mol. The van der Waals surface area contributed by atoms with Crippen LogP contribution in [0.3, 0.4) is 0 Å². The number of carbonyl (C=O) groups excluding carboxylic acids is 3. The molecule has 12 heteroatoms.